The Balaban J connectivity index is 1.63. The van der Waals surface area contributed by atoms with Gasteiger partial charge in [0.05, 0.1) is 6.20 Å². The van der Waals surface area contributed by atoms with Crippen molar-refractivity contribution in [3.63, 3.8) is 0 Å². The molecule has 3 rings (SSSR count). The molecule has 100 valence electrons. The highest BCUT2D eigenvalue weighted by molar-refractivity contribution is 8.00. The van der Waals surface area contributed by atoms with Crippen LogP contribution in [0.4, 0.5) is 0 Å². The fourth-order valence-corrected chi connectivity index (χ4v) is 5.00. The molecule has 1 spiro atoms. The lowest BCUT2D eigenvalue weighted by Gasteiger charge is -2.44. The van der Waals surface area contributed by atoms with E-state index >= 15 is 0 Å². The van der Waals surface area contributed by atoms with Crippen LogP contribution in [0.25, 0.3) is 0 Å². The van der Waals surface area contributed by atoms with Crippen LogP contribution < -0.4 is 0 Å². The molecule has 1 aromatic rings. The van der Waals surface area contributed by atoms with Gasteiger partial charge in [0.1, 0.15) is 0 Å². The average Bonchev–Trinajstić information content (AvgIpc) is 2.76. The summed E-state index contributed by atoms with van der Waals surface area (Å²) in [7, 11) is 2.00. The van der Waals surface area contributed by atoms with E-state index in [1.54, 1.807) is 0 Å². The molecule has 1 aliphatic heterocycles. The average molecular weight is 265 g/mol. The van der Waals surface area contributed by atoms with Gasteiger partial charge in [-0.15, -0.1) is 0 Å². The molecule has 2 fully saturated rings. The Bertz CT molecular complexity index is 390. The van der Waals surface area contributed by atoms with E-state index in [0.717, 1.165) is 6.54 Å². The summed E-state index contributed by atoms with van der Waals surface area (Å²) in [5.74, 6) is 1.31. The van der Waals surface area contributed by atoms with Crippen molar-refractivity contribution in [2.45, 2.75) is 43.4 Å². The van der Waals surface area contributed by atoms with Crippen molar-refractivity contribution in [1.29, 1.82) is 0 Å². The molecule has 1 saturated heterocycles. The SMILES string of the molecule is Cn1cc(CN2CCSC3(CCCCC3)C2)cn1. The molecule has 2 heterocycles. The normalized spacial score (nSPS) is 24.5. The molecule has 1 aromatic heterocycles. The number of hydrogen-bond donors (Lipinski definition) is 0. The Morgan fingerprint density at radius 2 is 2.17 bits per heavy atom. The highest BCUT2D eigenvalue weighted by atomic mass is 32.2. The second kappa shape index (κ2) is 5.25. The highest BCUT2D eigenvalue weighted by Gasteiger charge is 2.37. The lowest BCUT2D eigenvalue weighted by molar-refractivity contribution is 0.212. The number of hydrogen-bond acceptors (Lipinski definition) is 3. The molecule has 0 N–H and O–H groups in total. The Morgan fingerprint density at radius 1 is 1.33 bits per heavy atom. The van der Waals surface area contributed by atoms with E-state index < -0.39 is 0 Å². The lowest BCUT2D eigenvalue weighted by Crippen LogP contribution is -2.47. The second-order valence-corrected chi connectivity index (χ2v) is 7.39. The topological polar surface area (TPSA) is 21.1 Å². The van der Waals surface area contributed by atoms with E-state index in [-0.39, 0.29) is 0 Å². The summed E-state index contributed by atoms with van der Waals surface area (Å²) < 4.78 is 2.49. The minimum atomic E-state index is 0.582. The molecule has 0 bridgehead atoms. The van der Waals surface area contributed by atoms with Gasteiger partial charge in [0.2, 0.25) is 0 Å². The van der Waals surface area contributed by atoms with Crippen LogP contribution in [0.2, 0.25) is 0 Å². The summed E-state index contributed by atoms with van der Waals surface area (Å²) in [5.41, 5.74) is 1.36. The number of nitrogens with zero attached hydrogens (tertiary/aromatic N) is 3. The van der Waals surface area contributed by atoms with E-state index in [2.05, 4.69) is 28.0 Å². The zero-order valence-electron chi connectivity index (χ0n) is 11.3. The fourth-order valence-electron chi connectivity index (χ4n) is 3.37. The standard InChI is InChI=1S/C14H23N3S/c1-16-10-13(9-15-16)11-17-7-8-18-14(12-17)5-3-2-4-6-14/h9-10H,2-8,11-12H2,1H3. The minimum absolute atomic E-state index is 0.582. The maximum atomic E-state index is 4.27. The first-order chi connectivity index (χ1) is 8.76. The maximum Gasteiger partial charge on any atom is 0.0534 e. The quantitative estimate of drug-likeness (QED) is 0.820. The predicted octanol–water partition coefficient (Wildman–Crippen LogP) is 2.67. The Hall–Kier alpha value is -0.480. The van der Waals surface area contributed by atoms with E-state index in [4.69, 9.17) is 0 Å². The van der Waals surface area contributed by atoms with Crippen LogP contribution >= 0.6 is 11.8 Å². The van der Waals surface area contributed by atoms with Crippen LogP contribution in [0, 0.1) is 0 Å². The molecule has 1 aliphatic carbocycles. The zero-order valence-corrected chi connectivity index (χ0v) is 12.1. The van der Waals surface area contributed by atoms with Crippen LogP contribution in [0.15, 0.2) is 12.4 Å². The Morgan fingerprint density at radius 3 is 2.89 bits per heavy atom. The Labute approximate surface area is 114 Å². The fraction of sp³-hybridized carbons (Fsp3) is 0.786. The van der Waals surface area contributed by atoms with Crippen molar-refractivity contribution in [3.05, 3.63) is 18.0 Å². The first kappa shape index (κ1) is 12.5. The van der Waals surface area contributed by atoms with Crippen molar-refractivity contribution in [3.8, 4) is 0 Å². The summed E-state index contributed by atoms with van der Waals surface area (Å²) in [6.07, 6.45) is 11.3. The smallest absolute Gasteiger partial charge is 0.0534 e. The molecule has 3 nitrogen and oxygen atoms in total. The third-order valence-electron chi connectivity index (χ3n) is 4.26. The molecular weight excluding hydrogens is 242 g/mol. The van der Waals surface area contributed by atoms with Gasteiger partial charge in [-0.05, 0) is 12.8 Å². The van der Waals surface area contributed by atoms with Crippen molar-refractivity contribution in [2.75, 3.05) is 18.8 Å². The van der Waals surface area contributed by atoms with Gasteiger partial charge >= 0.3 is 0 Å². The highest BCUT2D eigenvalue weighted by Crippen LogP contribution is 2.42. The monoisotopic (exact) mass is 265 g/mol. The third-order valence-corrected chi connectivity index (χ3v) is 5.79. The van der Waals surface area contributed by atoms with Crippen LogP contribution in [0.3, 0.4) is 0 Å². The summed E-state index contributed by atoms with van der Waals surface area (Å²) in [4.78, 5) is 2.64. The van der Waals surface area contributed by atoms with Crippen molar-refractivity contribution < 1.29 is 0 Å². The number of aryl methyl sites for hydroxylation is 1. The van der Waals surface area contributed by atoms with E-state index in [9.17, 15) is 0 Å². The summed E-state index contributed by atoms with van der Waals surface area (Å²) in [6, 6.07) is 0. The summed E-state index contributed by atoms with van der Waals surface area (Å²) in [5, 5.41) is 4.27. The molecule has 0 unspecified atom stereocenters. The van der Waals surface area contributed by atoms with Crippen LogP contribution in [-0.2, 0) is 13.6 Å². The van der Waals surface area contributed by atoms with Gasteiger partial charge in [0, 0.05) is 48.9 Å². The summed E-state index contributed by atoms with van der Waals surface area (Å²) in [6.45, 7) is 3.60. The van der Waals surface area contributed by atoms with Crippen LogP contribution in [0.1, 0.15) is 37.7 Å². The predicted molar refractivity (Wildman–Crippen MR) is 76.8 cm³/mol. The van der Waals surface area contributed by atoms with Crippen LogP contribution in [-0.4, -0.2) is 38.3 Å². The molecule has 0 aromatic carbocycles. The first-order valence-corrected chi connectivity index (χ1v) is 8.08. The second-order valence-electron chi connectivity index (χ2n) is 5.83. The maximum absolute atomic E-state index is 4.27. The van der Waals surface area contributed by atoms with E-state index in [0.29, 0.717) is 4.75 Å². The van der Waals surface area contributed by atoms with E-state index in [1.807, 2.05) is 17.9 Å². The zero-order chi connectivity index (χ0) is 12.4. The molecule has 18 heavy (non-hydrogen) atoms. The van der Waals surface area contributed by atoms with E-state index in [1.165, 1.54) is 56.5 Å². The minimum Gasteiger partial charge on any atom is -0.297 e. The Kier molecular flexibility index (Phi) is 3.66. The van der Waals surface area contributed by atoms with Gasteiger partial charge in [-0.1, -0.05) is 19.3 Å². The van der Waals surface area contributed by atoms with Gasteiger partial charge in [-0.2, -0.15) is 16.9 Å². The largest absolute Gasteiger partial charge is 0.297 e. The summed E-state index contributed by atoms with van der Waals surface area (Å²) >= 11 is 2.24. The third kappa shape index (κ3) is 2.75. The molecular formula is C14H23N3S. The van der Waals surface area contributed by atoms with Gasteiger partial charge in [0.15, 0.2) is 0 Å². The molecule has 0 radical (unpaired) electrons. The molecule has 0 amide bonds. The molecule has 0 atom stereocenters. The lowest BCUT2D eigenvalue weighted by atomic mass is 9.87. The van der Waals surface area contributed by atoms with Crippen LogP contribution in [0.5, 0.6) is 0 Å². The van der Waals surface area contributed by atoms with Gasteiger partial charge in [0.25, 0.3) is 0 Å². The van der Waals surface area contributed by atoms with Gasteiger partial charge < -0.3 is 0 Å². The van der Waals surface area contributed by atoms with Gasteiger partial charge in [-0.3, -0.25) is 9.58 Å². The molecule has 1 saturated carbocycles. The molecule has 2 aliphatic rings. The van der Waals surface area contributed by atoms with Gasteiger partial charge in [-0.25, -0.2) is 0 Å². The number of aromatic nitrogens is 2. The molecule has 4 heteroatoms. The number of rotatable bonds is 2. The van der Waals surface area contributed by atoms with Crippen molar-refractivity contribution in [1.82, 2.24) is 14.7 Å². The van der Waals surface area contributed by atoms with Crippen molar-refractivity contribution >= 4 is 11.8 Å². The number of thioether (sulfide) groups is 1. The first-order valence-electron chi connectivity index (χ1n) is 7.10. The van der Waals surface area contributed by atoms with Crippen molar-refractivity contribution in [2.24, 2.45) is 7.05 Å².